The molecule has 0 saturated carbocycles. The molecule has 0 aromatic rings. The smallest absolute Gasteiger partial charge is 0.343 e. The molecule has 0 unspecified atom stereocenters. The minimum Gasteiger partial charge on any atom is -0.462 e. The molecule has 0 saturated heterocycles. The van der Waals surface area contributed by atoms with E-state index in [9.17, 15) is 14.4 Å². The fourth-order valence-corrected chi connectivity index (χ4v) is 1.75. The van der Waals surface area contributed by atoms with E-state index in [0.717, 1.165) is 39.5 Å². The number of carbonyl (C=O) groups is 3. The Labute approximate surface area is 168 Å². The first-order valence-corrected chi connectivity index (χ1v) is 9.14. The first kappa shape index (κ1) is 27.8. The Bertz CT molecular complexity index is 553. The van der Waals surface area contributed by atoms with Gasteiger partial charge < -0.3 is 4.74 Å². The van der Waals surface area contributed by atoms with Crippen molar-refractivity contribution in [2.75, 3.05) is 6.61 Å². The van der Waals surface area contributed by atoms with Gasteiger partial charge in [0.2, 0.25) is 0 Å². The summed E-state index contributed by atoms with van der Waals surface area (Å²) < 4.78 is 4.88. The van der Waals surface area contributed by atoms with E-state index in [4.69, 9.17) is 4.74 Å². The van der Waals surface area contributed by atoms with Crippen molar-refractivity contribution in [3.63, 3.8) is 0 Å². The molecule has 0 aromatic heterocycles. The monoisotopic (exact) mass is 398 g/mol. The van der Waals surface area contributed by atoms with Crippen LogP contribution in [0.25, 0.3) is 0 Å². The van der Waals surface area contributed by atoms with Gasteiger partial charge in [0, 0.05) is 25.8 Å². The van der Waals surface area contributed by atoms with Crippen molar-refractivity contribution in [1.29, 1.82) is 0 Å². The van der Waals surface area contributed by atoms with Crippen molar-refractivity contribution in [1.82, 2.24) is 0 Å². The first-order valence-electron chi connectivity index (χ1n) is 9.14. The molecule has 7 nitrogen and oxygen atoms in total. The van der Waals surface area contributed by atoms with Crippen molar-refractivity contribution in [3.05, 3.63) is 34.9 Å². The van der Waals surface area contributed by atoms with Crippen molar-refractivity contribution in [2.45, 2.75) is 74.1 Å². The molecular formula is C21H34O7. The van der Waals surface area contributed by atoms with Crippen LogP contribution in [0.3, 0.4) is 0 Å². The predicted molar refractivity (Wildman–Crippen MR) is 107 cm³/mol. The number of ether oxygens (including phenoxy) is 1. The third-order valence-corrected chi connectivity index (χ3v) is 3.14. The van der Waals surface area contributed by atoms with Gasteiger partial charge in [-0.25, -0.2) is 9.59 Å². The molecule has 0 N–H and O–H groups in total. The van der Waals surface area contributed by atoms with Crippen LogP contribution < -0.4 is 0 Å². The topological polar surface area (TPSA) is 88.1 Å². The summed E-state index contributed by atoms with van der Waals surface area (Å²) in [6.07, 6.45) is 10.9. The summed E-state index contributed by atoms with van der Waals surface area (Å²) in [7, 11) is 0. The molecular weight excluding hydrogens is 364 g/mol. The van der Waals surface area contributed by atoms with Crippen LogP contribution in [0, 0.1) is 0 Å². The Balaban J connectivity index is 0. The van der Waals surface area contributed by atoms with Gasteiger partial charge in [-0.2, -0.15) is 0 Å². The van der Waals surface area contributed by atoms with E-state index >= 15 is 0 Å². The predicted octanol–water partition coefficient (Wildman–Crippen LogP) is 4.93. The number of hydrogen-bond donors (Lipinski definition) is 0. The van der Waals surface area contributed by atoms with E-state index in [0.29, 0.717) is 6.61 Å². The average molecular weight is 398 g/mol. The molecule has 0 rings (SSSR count). The van der Waals surface area contributed by atoms with Gasteiger partial charge in [0.1, 0.15) is 6.61 Å². The second-order valence-electron chi connectivity index (χ2n) is 6.48. The molecule has 0 amide bonds. The summed E-state index contributed by atoms with van der Waals surface area (Å²) in [5.41, 5.74) is 4.11. The number of esters is 1. The molecule has 0 spiro atoms. The molecule has 0 radical (unpaired) electrons. The SMILES string of the molecule is CC(=O)OCC=C(C)CCC=C(C)CCC=C(C)C.CC(=O)OOOC(C)=O. The van der Waals surface area contributed by atoms with Gasteiger partial charge >= 0.3 is 17.9 Å². The minimum atomic E-state index is -0.684. The van der Waals surface area contributed by atoms with Crippen LogP contribution in [0.1, 0.15) is 74.1 Å². The fraction of sp³-hybridized carbons (Fsp3) is 0.571. The molecule has 0 aliphatic heterocycles. The van der Waals surface area contributed by atoms with E-state index in [-0.39, 0.29) is 5.97 Å². The standard InChI is InChI=1S/C17H28O2.C4H6O5/c1-14(2)8-6-9-15(3)10-7-11-16(4)12-13-19-17(5)18;1-3(5)7-9-8-4(2)6/h8,10,12H,6-7,9,11,13H2,1-5H3;1-2H3. The van der Waals surface area contributed by atoms with Crippen LogP contribution in [0.5, 0.6) is 0 Å². The molecule has 0 fully saturated rings. The lowest BCUT2D eigenvalue weighted by Crippen LogP contribution is -2.04. The maximum Gasteiger partial charge on any atom is 0.343 e. The van der Waals surface area contributed by atoms with Crippen LogP contribution in [-0.2, 0) is 33.9 Å². The highest BCUT2D eigenvalue weighted by Gasteiger charge is 1.96. The maximum absolute atomic E-state index is 10.6. The number of rotatable bonds is 10. The lowest BCUT2D eigenvalue weighted by Gasteiger charge is -2.02. The summed E-state index contributed by atoms with van der Waals surface area (Å²) in [4.78, 5) is 37.9. The number of carbonyl (C=O) groups excluding carboxylic acids is 3. The van der Waals surface area contributed by atoms with Crippen LogP contribution in [0.15, 0.2) is 34.9 Å². The normalized spacial score (nSPS) is 11.0. The van der Waals surface area contributed by atoms with Gasteiger partial charge in [0.15, 0.2) is 0 Å². The third-order valence-electron chi connectivity index (χ3n) is 3.14. The van der Waals surface area contributed by atoms with Gasteiger partial charge in [-0.1, -0.05) is 28.9 Å². The maximum atomic E-state index is 10.6. The Morgan fingerprint density at radius 2 is 1.11 bits per heavy atom. The number of hydrogen-bond acceptors (Lipinski definition) is 7. The van der Waals surface area contributed by atoms with Crippen LogP contribution in [0.4, 0.5) is 0 Å². The molecule has 160 valence electrons. The molecule has 7 heteroatoms. The van der Waals surface area contributed by atoms with Gasteiger partial charge in [-0.15, -0.1) is 0 Å². The van der Waals surface area contributed by atoms with Gasteiger partial charge in [0.25, 0.3) is 0 Å². The third kappa shape index (κ3) is 25.8. The van der Waals surface area contributed by atoms with Crippen LogP contribution >= 0.6 is 0 Å². The van der Waals surface area contributed by atoms with Gasteiger partial charge in [-0.05, 0) is 59.5 Å². The van der Waals surface area contributed by atoms with E-state index in [2.05, 4.69) is 54.7 Å². The van der Waals surface area contributed by atoms with Crippen molar-refractivity contribution >= 4 is 17.9 Å². The second-order valence-corrected chi connectivity index (χ2v) is 6.48. The zero-order valence-electron chi connectivity index (χ0n) is 18.1. The summed E-state index contributed by atoms with van der Waals surface area (Å²) in [5, 5.41) is 3.66. The second kappa shape index (κ2) is 18.0. The molecule has 28 heavy (non-hydrogen) atoms. The Kier molecular flexibility index (Phi) is 17.9. The molecule has 0 bridgehead atoms. The fourth-order valence-electron chi connectivity index (χ4n) is 1.75. The summed E-state index contributed by atoms with van der Waals surface area (Å²) in [6, 6.07) is 0. The summed E-state index contributed by atoms with van der Waals surface area (Å²) in [6.45, 7) is 12.6. The van der Waals surface area contributed by atoms with Crippen LogP contribution in [-0.4, -0.2) is 24.5 Å². The van der Waals surface area contributed by atoms with Crippen molar-refractivity contribution in [3.8, 4) is 0 Å². The van der Waals surface area contributed by atoms with Gasteiger partial charge in [-0.3, -0.25) is 14.6 Å². The Morgan fingerprint density at radius 1 is 0.643 bits per heavy atom. The zero-order valence-corrected chi connectivity index (χ0v) is 18.1. The molecule has 0 aliphatic carbocycles. The van der Waals surface area contributed by atoms with E-state index in [1.807, 2.05) is 6.08 Å². The van der Waals surface area contributed by atoms with Gasteiger partial charge in [0.05, 0.1) is 0 Å². The highest BCUT2D eigenvalue weighted by Crippen LogP contribution is 2.11. The zero-order chi connectivity index (χ0) is 21.9. The molecule has 0 heterocycles. The molecule has 0 atom stereocenters. The highest BCUT2D eigenvalue weighted by atomic mass is 17.5. The quantitative estimate of drug-likeness (QED) is 0.223. The van der Waals surface area contributed by atoms with E-state index < -0.39 is 11.9 Å². The largest absolute Gasteiger partial charge is 0.462 e. The summed E-state index contributed by atoms with van der Waals surface area (Å²) in [5.74, 6) is -1.59. The first-order chi connectivity index (χ1) is 13.0. The molecule has 0 aliphatic rings. The van der Waals surface area contributed by atoms with E-state index in [1.165, 1.54) is 23.6 Å². The lowest BCUT2D eigenvalue weighted by atomic mass is 10.1. The van der Waals surface area contributed by atoms with Crippen molar-refractivity contribution in [2.24, 2.45) is 0 Å². The average Bonchev–Trinajstić information content (AvgIpc) is 2.54. The van der Waals surface area contributed by atoms with E-state index in [1.54, 1.807) is 0 Å². The highest BCUT2D eigenvalue weighted by molar-refractivity contribution is 5.66. The lowest BCUT2D eigenvalue weighted by molar-refractivity contribution is -0.458. The Hall–Kier alpha value is -2.41. The summed E-state index contributed by atoms with van der Waals surface area (Å²) >= 11 is 0. The Morgan fingerprint density at radius 3 is 1.54 bits per heavy atom. The van der Waals surface area contributed by atoms with Crippen molar-refractivity contribution < 1.29 is 33.9 Å². The van der Waals surface area contributed by atoms with Crippen LogP contribution in [0.2, 0.25) is 0 Å². The number of allylic oxidation sites excluding steroid dienone is 5. The molecule has 0 aromatic carbocycles. The minimum absolute atomic E-state index is 0.223.